The van der Waals surface area contributed by atoms with Crippen molar-refractivity contribution in [1.29, 1.82) is 0 Å². The second kappa shape index (κ2) is 7.48. The van der Waals surface area contributed by atoms with Crippen molar-refractivity contribution in [2.45, 2.75) is 0 Å². The summed E-state index contributed by atoms with van der Waals surface area (Å²) in [5.41, 5.74) is 4.56. The Morgan fingerprint density at radius 3 is 2.00 bits per heavy atom. The lowest BCUT2D eigenvalue weighted by molar-refractivity contribution is 0.0955. The van der Waals surface area contributed by atoms with Gasteiger partial charge in [-0.15, -0.1) is 0 Å². The second-order valence-corrected chi connectivity index (χ2v) is 5.22. The molecule has 1 N–H and O–H groups in total. The number of hydrogen-bond donors (Lipinski definition) is 1. The number of rotatable bonds is 4. The average molecular weight is 337 g/mol. The largest absolute Gasteiger partial charge is 0.272 e. The third-order valence-electron chi connectivity index (χ3n) is 3.20. The molecule has 3 rings (SSSR count). The molecule has 3 aromatic rings. The van der Waals surface area contributed by atoms with Crippen molar-refractivity contribution in [2.75, 3.05) is 0 Å². The molecule has 2 heterocycles. The third kappa shape index (κ3) is 3.64. The summed E-state index contributed by atoms with van der Waals surface area (Å²) in [5, 5.41) is 4.58. The van der Waals surface area contributed by atoms with Crippen LogP contribution in [-0.2, 0) is 0 Å². The molecule has 0 saturated carbocycles. The number of hydrazone groups is 1. The van der Waals surface area contributed by atoms with E-state index in [-0.39, 0.29) is 0 Å². The van der Waals surface area contributed by atoms with E-state index in [2.05, 4.69) is 20.5 Å². The van der Waals surface area contributed by atoms with Crippen molar-refractivity contribution in [3.63, 3.8) is 0 Å². The number of carbonyl (C=O) groups excluding carboxylic acids is 1. The highest BCUT2D eigenvalue weighted by Crippen LogP contribution is 2.14. The van der Waals surface area contributed by atoms with Gasteiger partial charge in [0.15, 0.2) is 0 Å². The Morgan fingerprint density at radius 2 is 1.46 bits per heavy atom. The molecule has 1 aromatic carbocycles. The molecule has 0 saturated heterocycles. The summed E-state index contributed by atoms with van der Waals surface area (Å²) >= 11 is 6.03. The number of amides is 1. The van der Waals surface area contributed by atoms with Gasteiger partial charge in [-0.2, -0.15) is 5.10 Å². The van der Waals surface area contributed by atoms with Crippen LogP contribution < -0.4 is 5.43 Å². The van der Waals surface area contributed by atoms with Crippen molar-refractivity contribution >= 4 is 23.2 Å². The second-order valence-electron chi connectivity index (χ2n) is 4.81. The minimum Gasteiger partial charge on any atom is -0.267 e. The van der Waals surface area contributed by atoms with E-state index in [4.69, 9.17) is 11.6 Å². The summed E-state index contributed by atoms with van der Waals surface area (Å²) in [6.45, 7) is 0. The molecule has 0 spiro atoms. The van der Waals surface area contributed by atoms with Crippen LogP contribution in [0.1, 0.15) is 21.7 Å². The lowest BCUT2D eigenvalue weighted by Gasteiger charge is -2.07. The highest BCUT2D eigenvalue weighted by Gasteiger charge is 2.12. The quantitative estimate of drug-likeness (QED) is 0.587. The number of pyridine rings is 2. The zero-order chi connectivity index (χ0) is 16.8. The molecule has 5 nitrogen and oxygen atoms in total. The lowest BCUT2D eigenvalue weighted by Crippen LogP contribution is -2.21. The van der Waals surface area contributed by atoms with Crippen molar-refractivity contribution in [2.24, 2.45) is 5.10 Å². The Morgan fingerprint density at radius 1 is 0.875 bits per heavy atom. The summed E-state index contributed by atoms with van der Waals surface area (Å²) in [6.07, 6.45) is 3.31. The van der Waals surface area contributed by atoms with Crippen LogP contribution in [0.5, 0.6) is 0 Å². The monoisotopic (exact) mass is 336 g/mol. The zero-order valence-electron chi connectivity index (χ0n) is 12.6. The molecule has 0 atom stereocenters. The van der Waals surface area contributed by atoms with Crippen molar-refractivity contribution < 1.29 is 4.79 Å². The number of hydrogen-bond acceptors (Lipinski definition) is 4. The summed E-state index contributed by atoms with van der Waals surface area (Å²) < 4.78 is 0. The highest BCUT2D eigenvalue weighted by molar-refractivity contribution is 6.33. The minimum absolute atomic E-state index is 0.351. The maximum atomic E-state index is 12.3. The summed E-state index contributed by atoms with van der Waals surface area (Å²) in [6, 6.07) is 17.7. The van der Waals surface area contributed by atoms with E-state index in [1.165, 1.54) is 0 Å². The molecule has 0 radical (unpaired) electrons. The van der Waals surface area contributed by atoms with Crippen LogP contribution >= 0.6 is 11.6 Å². The van der Waals surface area contributed by atoms with Crippen LogP contribution in [0.4, 0.5) is 0 Å². The van der Waals surface area contributed by atoms with E-state index in [1.807, 2.05) is 24.3 Å². The van der Waals surface area contributed by atoms with Gasteiger partial charge in [0.05, 0.1) is 22.0 Å². The van der Waals surface area contributed by atoms with E-state index in [0.717, 1.165) is 0 Å². The lowest BCUT2D eigenvalue weighted by atomic mass is 10.1. The predicted molar refractivity (Wildman–Crippen MR) is 93.0 cm³/mol. The molecule has 0 aliphatic rings. The van der Waals surface area contributed by atoms with Crippen LogP contribution in [0.2, 0.25) is 5.02 Å². The molecular weight excluding hydrogens is 324 g/mol. The van der Waals surface area contributed by atoms with Gasteiger partial charge in [0.25, 0.3) is 5.91 Å². The van der Waals surface area contributed by atoms with Gasteiger partial charge in [-0.1, -0.05) is 35.9 Å². The van der Waals surface area contributed by atoms with Crippen LogP contribution in [0.25, 0.3) is 0 Å². The van der Waals surface area contributed by atoms with E-state index in [0.29, 0.717) is 27.7 Å². The van der Waals surface area contributed by atoms with Gasteiger partial charge in [-0.05, 0) is 36.4 Å². The molecule has 0 aliphatic heterocycles. The first-order valence-electron chi connectivity index (χ1n) is 7.21. The number of carbonyl (C=O) groups is 1. The fourth-order valence-corrected chi connectivity index (χ4v) is 2.29. The fourth-order valence-electron chi connectivity index (χ4n) is 2.06. The molecule has 0 bridgehead atoms. The van der Waals surface area contributed by atoms with Crippen LogP contribution in [0.15, 0.2) is 78.2 Å². The standard InChI is InChI=1S/C18H13ClN4O/c19-14-8-2-1-7-13(14)18(24)23-22-17(15-9-3-5-11-20-15)16-10-4-6-12-21-16/h1-12H,(H,23,24). The zero-order valence-corrected chi connectivity index (χ0v) is 13.3. The maximum Gasteiger partial charge on any atom is 0.272 e. The number of nitrogens with zero attached hydrogens (tertiary/aromatic N) is 3. The Kier molecular flexibility index (Phi) is 4.93. The van der Waals surface area contributed by atoms with Gasteiger partial charge in [0, 0.05) is 12.4 Å². The fraction of sp³-hybridized carbons (Fsp3) is 0. The van der Waals surface area contributed by atoms with Crippen molar-refractivity contribution in [1.82, 2.24) is 15.4 Å². The van der Waals surface area contributed by atoms with Crippen molar-refractivity contribution in [3.8, 4) is 0 Å². The number of nitrogens with one attached hydrogen (secondary N) is 1. The van der Waals surface area contributed by atoms with Gasteiger partial charge in [-0.25, -0.2) is 5.43 Å². The van der Waals surface area contributed by atoms with Crippen LogP contribution in [0.3, 0.4) is 0 Å². The first-order chi connectivity index (χ1) is 11.8. The first-order valence-corrected chi connectivity index (χ1v) is 7.59. The van der Waals surface area contributed by atoms with Crippen LogP contribution in [0, 0.1) is 0 Å². The van der Waals surface area contributed by atoms with Gasteiger partial charge in [0.1, 0.15) is 5.71 Å². The number of halogens is 1. The molecule has 6 heteroatoms. The van der Waals surface area contributed by atoms with Gasteiger partial charge in [-0.3, -0.25) is 14.8 Å². The Labute approximate surface area is 144 Å². The Bertz CT molecular complexity index is 825. The number of benzene rings is 1. The Hall–Kier alpha value is -3.05. The highest BCUT2D eigenvalue weighted by atomic mass is 35.5. The molecule has 24 heavy (non-hydrogen) atoms. The van der Waals surface area contributed by atoms with Crippen molar-refractivity contribution in [3.05, 3.63) is 95.0 Å². The molecule has 0 aliphatic carbocycles. The van der Waals surface area contributed by atoms with E-state index >= 15 is 0 Å². The SMILES string of the molecule is O=C(NN=C(c1ccccn1)c1ccccn1)c1ccccc1Cl. The van der Waals surface area contributed by atoms with Gasteiger partial charge in [0.2, 0.25) is 0 Å². The van der Waals surface area contributed by atoms with Crippen LogP contribution in [-0.4, -0.2) is 21.6 Å². The Balaban J connectivity index is 1.93. The topological polar surface area (TPSA) is 67.2 Å². The molecular formula is C18H13ClN4O. The summed E-state index contributed by atoms with van der Waals surface area (Å²) in [4.78, 5) is 20.8. The van der Waals surface area contributed by atoms with E-state index < -0.39 is 5.91 Å². The number of aromatic nitrogens is 2. The van der Waals surface area contributed by atoms with Gasteiger partial charge < -0.3 is 0 Å². The normalized spacial score (nSPS) is 10.0. The summed E-state index contributed by atoms with van der Waals surface area (Å²) in [7, 11) is 0. The summed E-state index contributed by atoms with van der Waals surface area (Å²) in [5.74, 6) is -0.398. The predicted octanol–water partition coefficient (Wildman–Crippen LogP) is 3.31. The van der Waals surface area contributed by atoms with Gasteiger partial charge >= 0.3 is 0 Å². The molecule has 0 fully saturated rings. The first kappa shape index (κ1) is 15.8. The molecule has 118 valence electrons. The maximum absolute atomic E-state index is 12.3. The average Bonchev–Trinajstić information content (AvgIpc) is 2.64. The smallest absolute Gasteiger partial charge is 0.267 e. The molecule has 1 amide bonds. The third-order valence-corrected chi connectivity index (χ3v) is 3.53. The van der Waals surface area contributed by atoms with E-state index in [9.17, 15) is 4.79 Å². The molecule has 0 unspecified atom stereocenters. The molecule has 2 aromatic heterocycles. The minimum atomic E-state index is -0.398. The van der Waals surface area contributed by atoms with E-state index in [1.54, 1.807) is 48.8 Å².